The van der Waals surface area contributed by atoms with Crippen molar-refractivity contribution >= 4 is 17.4 Å². The number of aromatic nitrogens is 4. The molecule has 2 aromatic heterocycles. The lowest BCUT2D eigenvalue weighted by atomic mass is 10.1. The van der Waals surface area contributed by atoms with E-state index in [2.05, 4.69) is 15.2 Å². The number of carbonyl (C=O) groups excluding carboxylic acids is 1. The second-order valence-electron chi connectivity index (χ2n) is 5.86. The molecule has 0 spiro atoms. The molecule has 0 radical (unpaired) electrons. The highest BCUT2D eigenvalue weighted by Gasteiger charge is 2.21. The van der Waals surface area contributed by atoms with Gasteiger partial charge in [0, 0.05) is 36.1 Å². The van der Waals surface area contributed by atoms with Gasteiger partial charge in [0.2, 0.25) is 5.91 Å². The zero-order chi connectivity index (χ0) is 16.0. The van der Waals surface area contributed by atoms with E-state index in [0.29, 0.717) is 12.2 Å². The summed E-state index contributed by atoms with van der Waals surface area (Å²) >= 11 is 0. The SMILES string of the molecule is Cc1nnc2nc(-c3ccc(N4CCCC4=O)cc3)cn2c1C. The number of benzene rings is 1. The predicted molar refractivity (Wildman–Crippen MR) is 87.3 cm³/mol. The van der Waals surface area contributed by atoms with Gasteiger partial charge in [0.25, 0.3) is 5.78 Å². The fraction of sp³-hybridized carbons (Fsp3) is 0.294. The molecule has 3 aromatic rings. The van der Waals surface area contributed by atoms with Gasteiger partial charge in [-0.05, 0) is 32.4 Å². The Morgan fingerprint density at radius 3 is 2.57 bits per heavy atom. The summed E-state index contributed by atoms with van der Waals surface area (Å²) in [5, 5.41) is 8.24. The number of imidazole rings is 1. The number of anilines is 1. The van der Waals surface area contributed by atoms with Crippen molar-refractivity contribution in [3.63, 3.8) is 0 Å². The Kier molecular flexibility index (Phi) is 3.11. The molecule has 1 aliphatic heterocycles. The smallest absolute Gasteiger partial charge is 0.254 e. The third-order valence-electron chi connectivity index (χ3n) is 4.41. The van der Waals surface area contributed by atoms with Gasteiger partial charge in [-0.2, -0.15) is 5.10 Å². The van der Waals surface area contributed by atoms with Crippen LogP contribution in [0.2, 0.25) is 0 Å². The third kappa shape index (κ3) is 2.27. The van der Waals surface area contributed by atoms with Crippen molar-refractivity contribution in [2.24, 2.45) is 0 Å². The van der Waals surface area contributed by atoms with Gasteiger partial charge in [0.1, 0.15) is 0 Å². The van der Waals surface area contributed by atoms with Gasteiger partial charge in [-0.15, -0.1) is 5.10 Å². The zero-order valence-electron chi connectivity index (χ0n) is 13.2. The van der Waals surface area contributed by atoms with Crippen LogP contribution in [0.4, 0.5) is 5.69 Å². The standard InChI is InChI=1S/C17H17N5O/c1-11-12(2)22-10-15(18-17(22)20-19-11)13-5-7-14(8-6-13)21-9-3-4-16(21)23/h5-8,10H,3-4,9H2,1-2H3. The Labute approximate surface area is 133 Å². The van der Waals surface area contributed by atoms with Crippen LogP contribution in [0.1, 0.15) is 24.2 Å². The highest BCUT2D eigenvalue weighted by molar-refractivity contribution is 5.95. The largest absolute Gasteiger partial charge is 0.312 e. The number of aryl methyl sites for hydroxylation is 2. The van der Waals surface area contributed by atoms with Crippen molar-refractivity contribution in [3.8, 4) is 11.3 Å². The zero-order valence-corrected chi connectivity index (χ0v) is 13.2. The highest BCUT2D eigenvalue weighted by Crippen LogP contribution is 2.25. The lowest BCUT2D eigenvalue weighted by Crippen LogP contribution is -2.23. The second kappa shape index (κ2) is 5.15. The van der Waals surface area contributed by atoms with Crippen LogP contribution in [0, 0.1) is 13.8 Å². The average Bonchev–Trinajstić information content (AvgIpc) is 3.18. The van der Waals surface area contributed by atoms with Gasteiger partial charge >= 0.3 is 0 Å². The molecule has 1 fully saturated rings. The van der Waals surface area contributed by atoms with Gasteiger partial charge < -0.3 is 4.90 Å². The maximum atomic E-state index is 11.8. The van der Waals surface area contributed by atoms with Crippen LogP contribution in [0.5, 0.6) is 0 Å². The summed E-state index contributed by atoms with van der Waals surface area (Å²) in [5.74, 6) is 0.800. The number of hydrogen-bond acceptors (Lipinski definition) is 4. The first-order valence-electron chi connectivity index (χ1n) is 7.73. The minimum Gasteiger partial charge on any atom is -0.312 e. The summed E-state index contributed by atoms with van der Waals surface area (Å²) in [5.41, 5.74) is 4.74. The first-order chi connectivity index (χ1) is 11.1. The molecule has 0 atom stereocenters. The van der Waals surface area contributed by atoms with E-state index in [1.165, 1.54) is 0 Å². The molecule has 6 heteroatoms. The van der Waals surface area contributed by atoms with Gasteiger partial charge in [-0.25, -0.2) is 4.98 Å². The monoisotopic (exact) mass is 307 g/mol. The molecular formula is C17H17N5O. The quantitative estimate of drug-likeness (QED) is 0.730. The van der Waals surface area contributed by atoms with Crippen molar-refractivity contribution in [3.05, 3.63) is 41.9 Å². The molecule has 6 nitrogen and oxygen atoms in total. The normalized spacial score (nSPS) is 14.9. The van der Waals surface area contributed by atoms with E-state index in [0.717, 1.165) is 41.3 Å². The van der Waals surface area contributed by atoms with E-state index in [4.69, 9.17) is 0 Å². The molecule has 1 saturated heterocycles. The number of carbonyl (C=O) groups is 1. The Hall–Kier alpha value is -2.76. The van der Waals surface area contributed by atoms with Crippen LogP contribution in [0.15, 0.2) is 30.5 Å². The molecule has 0 saturated carbocycles. The highest BCUT2D eigenvalue weighted by atomic mass is 16.2. The Balaban J connectivity index is 1.71. The summed E-state index contributed by atoms with van der Waals surface area (Å²) in [6.45, 7) is 4.74. The molecule has 0 bridgehead atoms. The number of rotatable bonds is 2. The summed E-state index contributed by atoms with van der Waals surface area (Å²) in [4.78, 5) is 18.2. The molecule has 1 aromatic carbocycles. The minimum atomic E-state index is 0.201. The molecule has 23 heavy (non-hydrogen) atoms. The number of amides is 1. The fourth-order valence-corrected chi connectivity index (χ4v) is 2.93. The van der Waals surface area contributed by atoms with Crippen LogP contribution >= 0.6 is 0 Å². The van der Waals surface area contributed by atoms with E-state index in [1.807, 2.05) is 53.6 Å². The van der Waals surface area contributed by atoms with Crippen molar-refractivity contribution in [1.82, 2.24) is 19.6 Å². The molecule has 116 valence electrons. The molecule has 3 heterocycles. The van der Waals surface area contributed by atoms with Crippen LogP contribution in [0.3, 0.4) is 0 Å². The van der Waals surface area contributed by atoms with Gasteiger partial charge in [-0.3, -0.25) is 9.20 Å². The van der Waals surface area contributed by atoms with Crippen LogP contribution in [-0.2, 0) is 4.79 Å². The Morgan fingerprint density at radius 2 is 1.87 bits per heavy atom. The van der Waals surface area contributed by atoms with Gasteiger partial charge in [0.05, 0.1) is 11.4 Å². The lowest BCUT2D eigenvalue weighted by Gasteiger charge is -2.15. The van der Waals surface area contributed by atoms with Crippen molar-refractivity contribution in [2.75, 3.05) is 11.4 Å². The van der Waals surface area contributed by atoms with E-state index in [9.17, 15) is 4.79 Å². The first-order valence-corrected chi connectivity index (χ1v) is 7.73. The summed E-state index contributed by atoms with van der Waals surface area (Å²) in [6.07, 6.45) is 3.55. The fourth-order valence-electron chi connectivity index (χ4n) is 2.93. The molecule has 0 unspecified atom stereocenters. The molecule has 1 aliphatic rings. The molecule has 1 amide bonds. The molecule has 0 aliphatic carbocycles. The molecule has 4 rings (SSSR count). The third-order valence-corrected chi connectivity index (χ3v) is 4.41. The van der Waals surface area contributed by atoms with E-state index in [1.54, 1.807) is 0 Å². The molecule has 0 N–H and O–H groups in total. The summed E-state index contributed by atoms with van der Waals surface area (Å²) in [7, 11) is 0. The number of fused-ring (bicyclic) bond motifs is 1. The van der Waals surface area contributed by atoms with Crippen LogP contribution in [0.25, 0.3) is 17.0 Å². The van der Waals surface area contributed by atoms with Crippen molar-refractivity contribution in [2.45, 2.75) is 26.7 Å². The van der Waals surface area contributed by atoms with Crippen LogP contribution in [-0.4, -0.2) is 32.0 Å². The maximum Gasteiger partial charge on any atom is 0.254 e. The Morgan fingerprint density at radius 1 is 1.09 bits per heavy atom. The van der Waals surface area contributed by atoms with E-state index < -0.39 is 0 Å². The van der Waals surface area contributed by atoms with Crippen molar-refractivity contribution < 1.29 is 4.79 Å². The van der Waals surface area contributed by atoms with Crippen molar-refractivity contribution in [1.29, 1.82) is 0 Å². The predicted octanol–water partition coefficient (Wildman–Crippen LogP) is 2.53. The maximum absolute atomic E-state index is 11.8. The summed E-state index contributed by atoms with van der Waals surface area (Å²) in [6, 6.07) is 7.95. The number of nitrogens with zero attached hydrogens (tertiary/aromatic N) is 5. The van der Waals surface area contributed by atoms with E-state index in [-0.39, 0.29) is 5.91 Å². The topological polar surface area (TPSA) is 63.4 Å². The lowest BCUT2D eigenvalue weighted by molar-refractivity contribution is -0.117. The van der Waals surface area contributed by atoms with Gasteiger partial charge in [-0.1, -0.05) is 12.1 Å². The Bertz CT molecular complexity index is 897. The van der Waals surface area contributed by atoms with E-state index >= 15 is 0 Å². The molecular weight excluding hydrogens is 290 g/mol. The average molecular weight is 307 g/mol. The summed E-state index contributed by atoms with van der Waals surface area (Å²) < 4.78 is 1.95. The first kappa shape index (κ1) is 13.9. The second-order valence-corrected chi connectivity index (χ2v) is 5.86. The van der Waals surface area contributed by atoms with Crippen LogP contribution < -0.4 is 4.90 Å². The van der Waals surface area contributed by atoms with Gasteiger partial charge in [0.15, 0.2) is 0 Å². The minimum absolute atomic E-state index is 0.201. The number of hydrogen-bond donors (Lipinski definition) is 0.